The Kier molecular flexibility index (Phi) is 5.12. The van der Waals surface area contributed by atoms with Crippen molar-refractivity contribution in [2.45, 2.75) is 0 Å². The molecular formula is C37H20ClN3S. The summed E-state index contributed by atoms with van der Waals surface area (Å²) in [5, 5.41) is 12.0. The van der Waals surface area contributed by atoms with Gasteiger partial charge in [-0.3, -0.25) is 0 Å². The first-order valence-corrected chi connectivity index (χ1v) is 15.0. The summed E-state index contributed by atoms with van der Waals surface area (Å²) in [6.45, 7) is 0. The Hall–Kier alpha value is -4.90. The van der Waals surface area contributed by atoms with Gasteiger partial charge >= 0.3 is 0 Å². The van der Waals surface area contributed by atoms with E-state index in [0.717, 1.165) is 32.7 Å². The number of thiophene rings is 1. The number of hydrogen-bond acceptors (Lipinski definition) is 4. The second-order valence-electron chi connectivity index (χ2n) is 10.5. The molecule has 42 heavy (non-hydrogen) atoms. The highest BCUT2D eigenvalue weighted by molar-refractivity contribution is 7.26. The van der Waals surface area contributed by atoms with Crippen molar-refractivity contribution in [3.8, 4) is 22.8 Å². The maximum atomic E-state index is 6.70. The van der Waals surface area contributed by atoms with Gasteiger partial charge in [0, 0.05) is 42.1 Å². The minimum Gasteiger partial charge on any atom is -0.208 e. The van der Waals surface area contributed by atoms with Crippen LogP contribution in [0, 0.1) is 0 Å². The lowest BCUT2D eigenvalue weighted by Gasteiger charge is -2.14. The molecule has 0 fully saturated rings. The third kappa shape index (κ3) is 3.43. The Morgan fingerprint density at radius 1 is 0.429 bits per heavy atom. The van der Waals surface area contributed by atoms with Gasteiger partial charge in [-0.2, -0.15) is 9.97 Å². The van der Waals surface area contributed by atoms with Crippen LogP contribution in [0.2, 0.25) is 5.28 Å². The first kappa shape index (κ1) is 23.8. The van der Waals surface area contributed by atoms with Crippen molar-refractivity contribution >= 4 is 86.2 Å². The lowest BCUT2D eigenvalue weighted by molar-refractivity contribution is 1.07. The van der Waals surface area contributed by atoms with Gasteiger partial charge in [0.1, 0.15) is 0 Å². The van der Waals surface area contributed by atoms with Crippen LogP contribution < -0.4 is 0 Å². The molecule has 0 bridgehead atoms. The maximum Gasteiger partial charge on any atom is 0.226 e. The van der Waals surface area contributed by atoms with Crippen LogP contribution in [0.25, 0.3) is 86.0 Å². The molecule has 0 aliphatic carbocycles. The van der Waals surface area contributed by atoms with Crippen molar-refractivity contribution in [1.29, 1.82) is 0 Å². The van der Waals surface area contributed by atoms with Crippen LogP contribution in [0.4, 0.5) is 0 Å². The smallest absolute Gasteiger partial charge is 0.208 e. The molecule has 9 rings (SSSR count). The van der Waals surface area contributed by atoms with Gasteiger partial charge in [-0.15, -0.1) is 11.3 Å². The van der Waals surface area contributed by atoms with Crippen LogP contribution in [-0.4, -0.2) is 15.0 Å². The van der Waals surface area contributed by atoms with Gasteiger partial charge in [0.15, 0.2) is 11.6 Å². The largest absolute Gasteiger partial charge is 0.226 e. The Labute approximate surface area is 249 Å². The van der Waals surface area contributed by atoms with E-state index in [0.29, 0.717) is 11.6 Å². The first-order chi connectivity index (χ1) is 20.7. The van der Waals surface area contributed by atoms with Crippen LogP contribution in [0.5, 0.6) is 0 Å². The Bertz CT molecular complexity index is 2510. The molecule has 0 saturated heterocycles. The molecule has 0 aliphatic rings. The predicted molar refractivity (Wildman–Crippen MR) is 179 cm³/mol. The van der Waals surface area contributed by atoms with E-state index in [4.69, 9.17) is 21.6 Å². The van der Waals surface area contributed by atoms with Crippen molar-refractivity contribution in [3.63, 3.8) is 0 Å². The predicted octanol–water partition coefficient (Wildman–Crippen LogP) is 10.8. The SMILES string of the molecule is Clc1nc(-c2cc3c4ccccc4sc3c3ccccc23)nc(-c2cccc3c4ccccc4c4ccccc4c23)n1. The number of halogens is 1. The van der Waals surface area contributed by atoms with Crippen molar-refractivity contribution < 1.29 is 0 Å². The number of aromatic nitrogens is 3. The van der Waals surface area contributed by atoms with Crippen LogP contribution in [0.1, 0.15) is 0 Å². The molecule has 0 saturated carbocycles. The Balaban J connectivity index is 1.37. The molecule has 0 amide bonds. The van der Waals surface area contributed by atoms with Crippen LogP contribution >= 0.6 is 22.9 Å². The fourth-order valence-electron chi connectivity index (χ4n) is 6.46. The molecule has 0 N–H and O–H groups in total. The summed E-state index contributed by atoms with van der Waals surface area (Å²) in [7, 11) is 0. The normalized spacial score (nSPS) is 11.9. The van der Waals surface area contributed by atoms with Gasteiger partial charge < -0.3 is 0 Å². The fraction of sp³-hybridized carbons (Fsp3) is 0. The highest BCUT2D eigenvalue weighted by atomic mass is 35.5. The molecule has 2 aromatic heterocycles. The minimum atomic E-state index is 0.177. The Morgan fingerprint density at radius 3 is 1.67 bits per heavy atom. The molecule has 9 aromatic rings. The lowest BCUT2D eigenvalue weighted by Crippen LogP contribution is -1.99. The zero-order valence-corrected chi connectivity index (χ0v) is 23.7. The Morgan fingerprint density at radius 2 is 0.952 bits per heavy atom. The first-order valence-electron chi connectivity index (χ1n) is 13.8. The molecule has 0 spiro atoms. The number of hydrogen-bond donors (Lipinski definition) is 0. The number of benzene rings is 7. The van der Waals surface area contributed by atoms with Gasteiger partial charge in [0.2, 0.25) is 5.28 Å². The third-order valence-electron chi connectivity index (χ3n) is 8.24. The molecule has 0 atom stereocenters. The van der Waals surface area contributed by atoms with E-state index in [1.165, 1.54) is 41.7 Å². The number of nitrogens with zero attached hydrogens (tertiary/aromatic N) is 3. The van der Waals surface area contributed by atoms with Gasteiger partial charge in [-0.1, -0.05) is 109 Å². The van der Waals surface area contributed by atoms with E-state index < -0.39 is 0 Å². The van der Waals surface area contributed by atoms with E-state index >= 15 is 0 Å². The van der Waals surface area contributed by atoms with Gasteiger partial charge in [0.05, 0.1) is 0 Å². The molecule has 196 valence electrons. The lowest BCUT2D eigenvalue weighted by atomic mass is 9.91. The summed E-state index contributed by atoms with van der Waals surface area (Å²) < 4.78 is 2.53. The molecule has 7 aromatic carbocycles. The summed E-state index contributed by atoms with van der Waals surface area (Å²) >= 11 is 8.52. The third-order valence-corrected chi connectivity index (χ3v) is 9.63. The second kappa shape index (κ2) is 9.05. The van der Waals surface area contributed by atoms with E-state index in [9.17, 15) is 0 Å². The van der Waals surface area contributed by atoms with Crippen molar-refractivity contribution in [2.75, 3.05) is 0 Å². The van der Waals surface area contributed by atoms with Gasteiger partial charge in [0.25, 0.3) is 0 Å². The topological polar surface area (TPSA) is 38.7 Å². The maximum absolute atomic E-state index is 6.70. The molecule has 5 heteroatoms. The standard InChI is InChI=1S/C37H20ClN3S/c38-37-40-35(29-18-9-17-27-23-11-2-1-10-21(23)22-12-3-5-15-26(22)33(27)29)39-36(41-37)31-20-30-25-14-7-8-19-32(25)42-34(30)28-16-6-4-13-24(28)31/h1-20H. The molecular weight excluding hydrogens is 554 g/mol. The summed E-state index contributed by atoms with van der Waals surface area (Å²) in [6, 6.07) is 42.7. The highest BCUT2D eigenvalue weighted by Gasteiger charge is 2.19. The zero-order valence-electron chi connectivity index (χ0n) is 22.2. The quantitative estimate of drug-likeness (QED) is 0.193. The number of fused-ring (bicyclic) bond motifs is 11. The summed E-state index contributed by atoms with van der Waals surface area (Å²) in [4.78, 5) is 14.5. The molecule has 0 unspecified atom stereocenters. The van der Waals surface area contributed by atoms with E-state index in [1.807, 2.05) is 11.3 Å². The minimum absolute atomic E-state index is 0.177. The second-order valence-corrected chi connectivity index (χ2v) is 11.9. The molecule has 0 aliphatic heterocycles. The van der Waals surface area contributed by atoms with E-state index in [-0.39, 0.29) is 5.28 Å². The molecule has 2 heterocycles. The van der Waals surface area contributed by atoms with E-state index in [1.54, 1.807) is 0 Å². The average Bonchev–Trinajstić information content (AvgIpc) is 3.43. The fourth-order valence-corrected chi connectivity index (χ4v) is 7.85. The van der Waals surface area contributed by atoms with Crippen molar-refractivity contribution in [1.82, 2.24) is 15.0 Å². The summed E-state index contributed by atoms with van der Waals surface area (Å²) in [5.74, 6) is 1.14. The molecule has 0 radical (unpaired) electrons. The van der Waals surface area contributed by atoms with Gasteiger partial charge in [-0.25, -0.2) is 4.98 Å². The van der Waals surface area contributed by atoms with Crippen LogP contribution in [0.3, 0.4) is 0 Å². The van der Waals surface area contributed by atoms with E-state index in [2.05, 4.69) is 126 Å². The number of rotatable bonds is 2. The monoisotopic (exact) mass is 573 g/mol. The average molecular weight is 574 g/mol. The summed E-state index contributed by atoms with van der Waals surface area (Å²) in [5.41, 5.74) is 1.88. The zero-order chi connectivity index (χ0) is 27.8. The molecule has 3 nitrogen and oxygen atoms in total. The summed E-state index contributed by atoms with van der Waals surface area (Å²) in [6.07, 6.45) is 0. The highest BCUT2D eigenvalue weighted by Crippen LogP contribution is 2.43. The van der Waals surface area contributed by atoms with Crippen molar-refractivity contribution in [3.05, 3.63) is 127 Å². The van der Waals surface area contributed by atoms with Crippen LogP contribution in [0.15, 0.2) is 121 Å². The van der Waals surface area contributed by atoms with Crippen molar-refractivity contribution in [2.24, 2.45) is 0 Å². The van der Waals surface area contributed by atoms with Crippen LogP contribution in [-0.2, 0) is 0 Å². The van der Waals surface area contributed by atoms with Gasteiger partial charge in [-0.05, 0) is 56.1 Å².